The van der Waals surface area contributed by atoms with Gasteiger partial charge in [0, 0.05) is 30.6 Å². The number of hydrogen-bond donors (Lipinski definition) is 2. The minimum atomic E-state index is -0.401. The highest BCUT2D eigenvalue weighted by molar-refractivity contribution is 5.98. The molecule has 6 heteroatoms. The smallest absolute Gasteiger partial charge is 0.301 e. The molecule has 0 radical (unpaired) electrons. The van der Waals surface area contributed by atoms with Crippen LogP contribution >= 0.6 is 0 Å². The predicted octanol–water partition coefficient (Wildman–Crippen LogP) is 1.03. The molecule has 0 spiro atoms. The fourth-order valence-electron chi connectivity index (χ4n) is 2.22. The van der Waals surface area contributed by atoms with Crippen molar-refractivity contribution < 1.29 is 9.21 Å². The quantitative estimate of drug-likeness (QED) is 0.472. The van der Waals surface area contributed by atoms with Crippen LogP contribution in [-0.2, 0) is 6.54 Å². The molecule has 0 aliphatic carbocycles. The lowest BCUT2D eigenvalue weighted by molar-refractivity contribution is 0.0925. The number of likely N-dealkylation sites (N-methyl/N-ethyl adjacent to an activating group) is 2. The number of benzene rings is 1. The van der Waals surface area contributed by atoms with Crippen LogP contribution in [-0.4, -0.2) is 49.9 Å². The maximum absolute atomic E-state index is 11.9. The van der Waals surface area contributed by atoms with E-state index >= 15 is 0 Å². The Bertz CT molecular complexity index is 621. The van der Waals surface area contributed by atoms with Crippen LogP contribution < -0.4 is 11.3 Å². The molecular formula is C15H22N4O2. The lowest BCUT2D eigenvalue weighted by Gasteiger charge is -2.19. The summed E-state index contributed by atoms with van der Waals surface area (Å²) in [5.41, 5.74) is 3.72. The van der Waals surface area contributed by atoms with E-state index in [2.05, 4.69) is 15.2 Å². The fraction of sp³-hybridized carbons (Fsp3) is 0.400. The lowest BCUT2D eigenvalue weighted by atomic mass is 10.1. The molecule has 114 valence electrons. The topological polar surface area (TPSA) is 74.7 Å². The molecule has 0 fully saturated rings. The van der Waals surface area contributed by atoms with Crippen molar-refractivity contribution in [1.29, 1.82) is 0 Å². The van der Waals surface area contributed by atoms with Gasteiger partial charge in [0.1, 0.15) is 5.58 Å². The molecule has 1 aromatic carbocycles. The van der Waals surface area contributed by atoms with Crippen molar-refractivity contribution in [3.63, 3.8) is 0 Å². The molecule has 0 unspecified atom stereocenters. The van der Waals surface area contributed by atoms with Gasteiger partial charge in [-0.25, -0.2) is 5.84 Å². The van der Waals surface area contributed by atoms with Crippen LogP contribution in [0.15, 0.2) is 28.7 Å². The fourth-order valence-corrected chi connectivity index (χ4v) is 2.22. The number of para-hydroxylation sites is 1. The zero-order chi connectivity index (χ0) is 15.4. The van der Waals surface area contributed by atoms with E-state index in [0.717, 1.165) is 24.0 Å². The summed E-state index contributed by atoms with van der Waals surface area (Å²) in [6, 6.07) is 7.63. The Hall–Kier alpha value is -1.89. The first-order chi connectivity index (χ1) is 10.0. The van der Waals surface area contributed by atoms with Gasteiger partial charge in [-0.2, -0.15) is 0 Å². The second kappa shape index (κ2) is 6.71. The van der Waals surface area contributed by atoms with E-state index in [4.69, 9.17) is 10.3 Å². The maximum atomic E-state index is 11.9. The summed E-state index contributed by atoms with van der Waals surface area (Å²) in [5.74, 6) is 5.13. The number of carbonyl (C=O) groups is 1. The number of furan rings is 1. The van der Waals surface area contributed by atoms with Gasteiger partial charge in [0.05, 0.1) is 0 Å². The van der Waals surface area contributed by atoms with Gasteiger partial charge in [0.2, 0.25) is 0 Å². The summed E-state index contributed by atoms with van der Waals surface area (Å²) in [6.45, 7) is 2.48. The van der Waals surface area contributed by atoms with Crippen molar-refractivity contribution >= 4 is 16.9 Å². The van der Waals surface area contributed by atoms with Crippen molar-refractivity contribution in [1.82, 2.24) is 15.2 Å². The van der Waals surface area contributed by atoms with Crippen LogP contribution in [0.5, 0.6) is 0 Å². The monoisotopic (exact) mass is 290 g/mol. The first-order valence-corrected chi connectivity index (χ1v) is 6.87. The van der Waals surface area contributed by atoms with E-state index in [9.17, 15) is 4.79 Å². The number of amides is 1. The molecule has 2 rings (SSSR count). The lowest BCUT2D eigenvalue weighted by Crippen LogP contribution is -2.32. The third-order valence-electron chi connectivity index (χ3n) is 3.39. The second-order valence-corrected chi connectivity index (χ2v) is 5.42. The van der Waals surface area contributed by atoms with Crippen molar-refractivity contribution in [2.45, 2.75) is 6.54 Å². The second-order valence-electron chi connectivity index (χ2n) is 5.42. The Morgan fingerprint density at radius 1 is 1.24 bits per heavy atom. The molecule has 1 heterocycles. The number of carbonyl (C=O) groups excluding carboxylic acids is 1. The Labute approximate surface area is 124 Å². The molecule has 0 saturated carbocycles. The van der Waals surface area contributed by atoms with Crippen LogP contribution in [0.2, 0.25) is 0 Å². The highest BCUT2D eigenvalue weighted by atomic mass is 16.3. The number of nitrogen functional groups attached to an aromatic ring is 1. The normalized spacial score (nSPS) is 11.5. The van der Waals surface area contributed by atoms with Gasteiger partial charge in [-0.3, -0.25) is 10.2 Å². The zero-order valence-electron chi connectivity index (χ0n) is 12.7. The summed E-state index contributed by atoms with van der Waals surface area (Å²) in [5, 5.41) is 0.952. The van der Waals surface area contributed by atoms with Crippen molar-refractivity contribution in [3.05, 3.63) is 35.6 Å². The Morgan fingerprint density at radius 2 is 1.95 bits per heavy atom. The first-order valence-electron chi connectivity index (χ1n) is 6.87. The van der Waals surface area contributed by atoms with Gasteiger partial charge in [-0.15, -0.1) is 0 Å². The first kappa shape index (κ1) is 15.5. The molecule has 0 aliphatic heterocycles. The predicted molar refractivity (Wildman–Crippen MR) is 82.8 cm³/mol. The van der Waals surface area contributed by atoms with Gasteiger partial charge < -0.3 is 14.2 Å². The minimum absolute atomic E-state index is 0.287. The molecule has 0 saturated heterocycles. The minimum Gasteiger partial charge on any atom is -0.451 e. The molecular weight excluding hydrogens is 268 g/mol. The van der Waals surface area contributed by atoms with Crippen LogP contribution in [0, 0.1) is 0 Å². The van der Waals surface area contributed by atoms with E-state index in [0.29, 0.717) is 12.1 Å². The van der Waals surface area contributed by atoms with E-state index in [1.54, 1.807) is 0 Å². The van der Waals surface area contributed by atoms with Gasteiger partial charge in [0.15, 0.2) is 5.76 Å². The summed E-state index contributed by atoms with van der Waals surface area (Å²) >= 11 is 0. The standard InChI is InChI=1S/C15H22N4O2/c1-18(2)8-9-19(3)10-12-11-6-4-5-7-13(11)21-14(12)15(20)17-16/h4-7H,8-10,16H2,1-3H3,(H,17,20). The van der Waals surface area contributed by atoms with Gasteiger partial charge in [0.25, 0.3) is 0 Å². The van der Waals surface area contributed by atoms with Crippen LogP contribution in [0.3, 0.4) is 0 Å². The molecule has 6 nitrogen and oxygen atoms in total. The number of fused-ring (bicyclic) bond motifs is 1. The molecule has 3 N–H and O–H groups in total. The summed E-state index contributed by atoms with van der Waals surface area (Å²) < 4.78 is 5.65. The number of nitrogens with one attached hydrogen (secondary N) is 1. The third-order valence-corrected chi connectivity index (χ3v) is 3.39. The number of nitrogens with two attached hydrogens (primary N) is 1. The average molecular weight is 290 g/mol. The zero-order valence-corrected chi connectivity index (χ0v) is 12.7. The summed E-state index contributed by atoms with van der Waals surface area (Å²) in [7, 11) is 6.10. The van der Waals surface area contributed by atoms with Crippen molar-refractivity contribution in [3.8, 4) is 0 Å². The van der Waals surface area contributed by atoms with E-state index in [-0.39, 0.29) is 5.76 Å². The summed E-state index contributed by atoms with van der Waals surface area (Å²) in [6.07, 6.45) is 0. The third kappa shape index (κ3) is 3.60. The number of hydrazine groups is 1. The molecule has 0 bridgehead atoms. The molecule has 1 aromatic heterocycles. The summed E-state index contributed by atoms with van der Waals surface area (Å²) in [4.78, 5) is 16.2. The molecule has 2 aromatic rings. The van der Waals surface area contributed by atoms with Crippen molar-refractivity contribution in [2.75, 3.05) is 34.2 Å². The maximum Gasteiger partial charge on any atom is 0.301 e. The van der Waals surface area contributed by atoms with E-state index < -0.39 is 5.91 Å². The van der Waals surface area contributed by atoms with E-state index in [1.807, 2.05) is 45.4 Å². The van der Waals surface area contributed by atoms with Crippen LogP contribution in [0.25, 0.3) is 11.0 Å². The van der Waals surface area contributed by atoms with Crippen LogP contribution in [0.4, 0.5) is 0 Å². The molecule has 1 amide bonds. The Morgan fingerprint density at radius 3 is 2.62 bits per heavy atom. The molecule has 0 aliphatic rings. The van der Waals surface area contributed by atoms with Gasteiger partial charge in [-0.1, -0.05) is 18.2 Å². The highest BCUT2D eigenvalue weighted by Gasteiger charge is 2.20. The SMILES string of the molecule is CN(C)CCN(C)Cc1c(C(=O)NN)oc2ccccc12. The van der Waals surface area contributed by atoms with Crippen LogP contribution in [0.1, 0.15) is 16.1 Å². The Kier molecular flexibility index (Phi) is 4.95. The molecule has 0 atom stereocenters. The van der Waals surface area contributed by atoms with Gasteiger partial charge >= 0.3 is 5.91 Å². The number of rotatable bonds is 6. The van der Waals surface area contributed by atoms with Crippen molar-refractivity contribution in [2.24, 2.45) is 5.84 Å². The Balaban J connectivity index is 2.29. The highest BCUT2D eigenvalue weighted by Crippen LogP contribution is 2.26. The average Bonchev–Trinajstić information content (AvgIpc) is 2.83. The number of nitrogens with zero attached hydrogens (tertiary/aromatic N) is 2. The van der Waals surface area contributed by atoms with E-state index in [1.165, 1.54) is 0 Å². The molecule has 21 heavy (non-hydrogen) atoms. The number of hydrogen-bond acceptors (Lipinski definition) is 5. The largest absolute Gasteiger partial charge is 0.451 e. The van der Waals surface area contributed by atoms with Gasteiger partial charge in [-0.05, 0) is 27.2 Å².